The van der Waals surface area contributed by atoms with Gasteiger partial charge in [0.15, 0.2) is 0 Å². The van der Waals surface area contributed by atoms with Crippen molar-refractivity contribution < 1.29 is 13.9 Å². The second-order valence-electron chi connectivity index (χ2n) is 8.12. The highest BCUT2D eigenvalue weighted by Crippen LogP contribution is 2.31. The van der Waals surface area contributed by atoms with Gasteiger partial charge in [-0.05, 0) is 65.4 Å². The first kappa shape index (κ1) is 25.1. The van der Waals surface area contributed by atoms with Gasteiger partial charge in [0.25, 0.3) is 0 Å². The molecule has 0 fully saturated rings. The third-order valence-electron chi connectivity index (χ3n) is 5.82. The molecule has 0 radical (unpaired) electrons. The number of anilines is 1. The molecule has 1 amide bonds. The lowest BCUT2D eigenvalue weighted by molar-refractivity contribution is -0.117. The molecular formula is C26H22BrFN6O2S. The third-order valence-corrected chi connectivity index (χ3v) is 7.52. The van der Waals surface area contributed by atoms with E-state index in [2.05, 4.69) is 36.4 Å². The van der Waals surface area contributed by atoms with Crippen molar-refractivity contribution in [1.82, 2.24) is 20.2 Å². The van der Waals surface area contributed by atoms with Gasteiger partial charge < -0.3 is 9.64 Å². The Hall–Kier alpha value is -3.57. The quantitative estimate of drug-likeness (QED) is 0.217. The molecule has 0 saturated carbocycles. The Labute approximate surface area is 225 Å². The van der Waals surface area contributed by atoms with E-state index in [0.29, 0.717) is 40.8 Å². The summed E-state index contributed by atoms with van der Waals surface area (Å²) in [6.45, 7) is 0.434. The SMILES string of the molecule is COc1ccc(-n2nnnc2SCCCN2C(=O)CN=C(c3ccccc3Br)c3cc(F)ccc32)cc1. The highest BCUT2D eigenvalue weighted by Gasteiger charge is 2.26. The largest absolute Gasteiger partial charge is 0.497 e. The standard InChI is InChI=1S/C26H22BrFN6O2S/c1-36-19-10-8-18(9-11-19)34-26(30-31-32-34)37-14-4-13-33-23-12-7-17(28)15-21(23)25(29-16-24(33)35)20-5-2-3-6-22(20)27/h2-3,5-12,15H,4,13-14,16H2,1H3. The van der Waals surface area contributed by atoms with Crippen molar-refractivity contribution >= 4 is 45.0 Å². The molecular weight excluding hydrogens is 559 g/mol. The molecule has 1 aromatic heterocycles. The van der Waals surface area contributed by atoms with Gasteiger partial charge in [-0.15, -0.1) is 5.10 Å². The number of halogens is 2. The predicted molar refractivity (Wildman–Crippen MR) is 144 cm³/mol. The molecule has 0 spiro atoms. The fraction of sp³-hybridized carbons (Fsp3) is 0.192. The minimum Gasteiger partial charge on any atom is -0.497 e. The number of hydrogen-bond donors (Lipinski definition) is 0. The minimum absolute atomic E-state index is 0.0180. The van der Waals surface area contributed by atoms with E-state index in [1.54, 1.807) is 22.8 Å². The van der Waals surface area contributed by atoms with E-state index in [0.717, 1.165) is 21.5 Å². The van der Waals surface area contributed by atoms with Gasteiger partial charge in [0.1, 0.15) is 18.1 Å². The smallest absolute Gasteiger partial charge is 0.248 e. The number of fused-ring (bicyclic) bond motifs is 1. The highest BCUT2D eigenvalue weighted by molar-refractivity contribution is 9.10. The average Bonchev–Trinajstić information content (AvgIpc) is 3.34. The number of hydrogen-bond acceptors (Lipinski definition) is 7. The number of ether oxygens (including phenoxy) is 1. The summed E-state index contributed by atoms with van der Waals surface area (Å²) < 4.78 is 22.0. The number of rotatable bonds is 8. The molecule has 0 saturated heterocycles. The Bertz CT molecular complexity index is 1460. The van der Waals surface area contributed by atoms with E-state index < -0.39 is 0 Å². The number of benzene rings is 3. The van der Waals surface area contributed by atoms with E-state index in [-0.39, 0.29) is 18.3 Å². The van der Waals surface area contributed by atoms with Crippen LogP contribution in [-0.4, -0.2) is 57.8 Å². The van der Waals surface area contributed by atoms with Crippen LogP contribution in [-0.2, 0) is 4.79 Å². The number of nitrogens with zero attached hydrogens (tertiary/aromatic N) is 6. The molecule has 188 valence electrons. The van der Waals surface area contributed by atoms with Crippen LogP contribution in [0.4, 0.5) is 10.1 Å². The fourth-order valence-corrected chi connectivity index (χ4v) is 5.34. The first-order valence-corrected chi connectivity index (χ1v) is 13.3. The lowest BCUT2D eigenvalue weighted by Crippen LogP contribution is -2.33. The monoisotopic (exact) mass is 580 g/mol. The van der Waals surface area contributed by atoms with Gasteiger partial charge in [0, 0.05) is 27.9 Å². The van der Waals surface area contributed by atoms with Crippen molar-refractivity contribution in [3.05, 3.63) is 88.1 Å². The van der Waals surface area contributed by atoms with E-state index in [9.17, 15) is 9.18 Å². The van der Waals surface area contributed by atoms with Gasteiger partial charge in [0.2, 0.25) is 11.1 Å². The summed E-state index contributed by atoms with van der Waals surface area (Å²) in [7, 11) is 1.62. The summed E-state index contributed by atoms with van der Waals surface area (Å²) >= 11 is 5.06. The Morgan fingerprint density at radius 3 is 2.68 bits per heavy atom. The summed E-state index contributed by atoms with van der Waals surface area (Å²) in [5.74, 6) is 0.909. The molecule has 3 aromatic carbocycles. The minimum atomic E-state index is -0.381. The van der Waals surface area contributed by atoms with Crippen LogP contribution >= 0.6 is 27.7 Å². The van der Waals surface area contributed by atoms with Crippen molar-refractivity contribution in [3.63, 3.8) is 0 Å². The van der Waals surface area contributed by atoms with Gasteiger partial charge in [-0.2, -0.15) is 4.68 Å². The fourth-order valence-electron chi connectivity index (χ4n) is 4.05. The zero-order valence-corrected chi connectivity index (χ0v) is 22.2. The Balaban J connectivity index is 1.31. The maximum absolute atomic E-state index is 14.3. The van der Waals surface area contributed by atoms with Crippen molar-refractivity contribution in [2.75, 3.05) is 30.9 Å². The van der Waals surface area contributed by atoms with Gasteiger partial charge >= 0.3 is 0 Å². The van der Waals surface area contributed by atoms with Crippen LogP contribution in [0.3, 0.4) is 0 Å². The number of carbonyl (C=O) groups is 1. The van der Waals surface area contributed by atoms with Crippen LogP contribution < -0.4 is 9.64 Å². The number of aromatic nitrogens is 4. The summed E-state index contributed by atoms with van der Waals surface area (Å²) in [6.07, 6.45) is 0.674. The lowest BCUT2D eigenvalue weighted by atomic mass is 10.00. The molecule has 0 N–H and O–H groups in total. The Morgan fingerprint density at radius 2 is 1.89 bits per heavy atom. The molecule has 37 heavy (non-hydrogen) atoms. The summed E-state index contributed by atoms with van der Waals surface area (Å²) in [5.41, 5.74) is 3.46. The predicted octanol–water partition coefficient (Wildman–Crippen LogP) is 4.94. The Kier molecular flexibility index (Phi) is 7.61. The van der Waals surface area contributed by atoms with Gasteiger partial charge in [0.05, 0.1) is 24.2 Å². The Morgan fingerprint density at radius 1 is 1.08 bits per heavy atom. The number of amides is 1. The second-order valence-corrected chi connectivity index (χ2v) is 10.0. The zero-order valence-electron chi connectivity index (χ0n) is 19.8. The maximum atomic E-state index is 14.3. The van der Waals surface area contributed by atoms with E-state index >= 15 is 0 Å². The molecule has 0 unspecified atom stereocenters. The summed E-state index contributed by atoms with van der Waals surface area (Å²) in [4.78, 5) is 19.4. The molecule has 1 aliphatic heterocycles. The number of benzodiazepines with no additional fused rings is 1. The molecule has 0 bridgehead atoms. The summed E-state index contributed by atoms with van der Waals surface area (Å²) in [5, 5.41) is 12.7. The topological polar surface area (TPSA) is 85.5 Å². The van der Waals surface area contributed by atoms with Crippen LogP contribution in [0.1, 0.15) is 17.5 Å². The molecule has 11 heteroatoms. The normalized spacial score (nSPS) is 13.2. The number of carbonyl (C=O) groups excluding carboxylic acids is 1. The van der Waals surface area contributed by atoms with Crippen molar-refractivity contribution in [3.8, 4) is 11.4 Å². The molecule has 0 aliphatic carbocycles. The van der Waals surface area contributed by atoms with Crippen molar-refractivity contribution in [2.24, 2.45) is 4.99 Å². The molecule has 8 nitrogen and oxygen atoms in total. The first-order chi connectivity index (χ1) is 18.0. The van der Waals surface area contributed by atoms with E-state index in [4.69, 9.17) is 4.74 Å². The van der Waals surface area contributed by atoms with Crippen molar-refractivity contribution in [1.29, 1.82) is 0 Å². The number of aliphatic imine (C=N–C) groups is 1. The van der Waals surface area contributed by atoms with Crippen LogP contribution in [0, 0.1) is 5.82 Å². The van der Waals surface area contributed by atoms with Crippen LogP contribution in [0.15, 0.2) is 81.4 Å². The zero-order chi connectivity index (χ0) is 25.8. The molecule has 2 heterocycles. The molecule has 0 atom stereocenters. The van der Waals surface area contributed by atoms with Crippen LogP contribution in [0.25, 0.3) is 5.69 Å². The van der Waals surface area contributed by atoms with E-state index in [1.807, 2.05) is 48.5 Å². The first-order valence-electron chi connectivity index (χ1n) is 11.5. The molecule has 5 rings (SSSR count). The average molecular weight is 581 g/mol. The van der Waals surface area contributed by atoms with Gasteiger partial charge in [-0.3, -0.25) is 9.79 Å². The molecule has 1 aliphatic rings. The number of methoxy groups -OCH3 is 1. The van der Waals surface area contributed by atoms with Crippen LogP contribution in [0.2, 0.25) is 0 Å². The highest BCUT2D eigenvalue weighted by atomic mass is 79.9. The maximum Gasteiger partial charge on any atom is 0.248 e. The third kappa shape index (κ3) is 5.42. The summed E-state index contributed by atoms with van der Waals surface area (Å²) in [6, 6.07) is 19.5. The van der Waals surface area contributed by atoms with Gasteiger partial charge in [-0.1, -0.05) is 45.9 Å². The van der Waals surface area contributed by atoms with E-state index in [1.165, 1.54) is 23.9 Å². The van der Waals surface area contributed by atoms with Crippen LogP contribution in [0.5, 0.6) is 5.75 Å². The van der Waals surface area contributed by atoms with Gasteiger partial charge in [-0.25, -0.2) is 4.39 Å². The lowest BCUT2D eigenvalue weighted by Gasteiger charge is -2.23. The number of tetrazole rings is 1. The van der Waals surface area contributed by atoms with Crippen molar-refractivity contribution in [2.45, 2.75) is 11.6 Å². The second kappa shape index (κ2) is 11.2. The number of thioether (sulfide) groups is 1. The molecule has 4 aromatic rings.